The molecule has 0 saturated carbocycles. The van der Waals surface area contributed by atoms with E-state index in [1.807, 2.05) is 19.1 Å². The van der Waals surface area contributed by atoms with E-state index >= 15 is 0 Å². The SMILES string of the molecule is C#CC(/C=C\C=C(/C)OCCC(C)(C)C(C)(F)F)c1ccc(N)nc1C.C=C(C)C(C)C(C)/C=C\C. The summed E-state index contributed by atoms with van der Waals surface area (Å²) in [5, 5.41) is 0. The van der Waals surface area contributed by atoms with Gasteiger partial charge in [0.25, 0.3) is 5.92 Å². The first-order valence-electron chi connectivity index (χ1n) is 12.4. The van der Waals surface area contributed by atoms with E-state index < -0.39 is 11.3 Å². The summed E-state index contributed by atoms with van der Waals surface area (Å²) in [6, 6.07) is 3.59. The molecule has 1 heterocycles. The van der Waals surface area contributed by atoms with Gasteiger partial charge in [-0.2, -0.15) is 0 Å². The molecule has 0 amide bonds. The molecule has 3 atom stereocenters. The number of aryl methyl sites for hydroxylation is 1. The summed E-state index contributed by atoms with van der Waals surface area (Å²) in [6.07, 6.45) is 15.6. The van der Waals surface area contributed by atoms with E-state index in [0.29, 0.717) is 23.4 Å². The molecule has 0 fully saturated rings. The molecule has 1 aromatic heterocycles. The van der Waals surface area contributed by atoms with Crippen molar-refractivity contribution in [3.05, 3.63) is 71.7 Å². The quantitative estimate of drug-likeness (QED) is 0.143. The number of aromatic nitrogens is 1. The van der Waals surface area contributed by atoms with Gasteiger partial charge in [-0.3, -0.25) is 0 Å². The van der Waals surface area contributed by atoms with Crippen LogP contribution in [0.25, 0.3) is 0 Å². The summed E-state index contributed by atoms with van der Waals surface area (Å²) < 4.78 is 32.5. The maximum Gasteiger partial charge on any atom is 0.250 e. The molecule has 36 heavy (non-hydrogen) atoms. The van der Waals surface area contributed by atoms with Crippen LogP contribution in [0.1, 0.15) is 79.0 Å². The molecule has 1 aromatic rings. The molecule has 0 bridgehead atoms. The number of alkyl halides is 2. The molecule has 0 saturated heterocycles. The third-order valence-corrected chi connectivity index (χ3v) is 6.60. The van der Waals surface area contributed by atoms with Gasteiger partial charge < -0.3 is 10.5 Å². The number of hydrogen-bond donors (Lipinski definition) is 1. The van der Waals surface area contributed by atoms with E-state index in [2.05, 4.69) is 57.3 Å². The van der Waals surface area contributed by atoms with Crippen LogP contribution in [-0.4, -0.2) is 17.5 Å². The molecule has 200 valence electrons. The van der Waals surface area contributed by atoms with Gasteiger partial charge in [-0.25, -0.2) is 13.8 Å². The Hall–Kier alpha value is -2.87. The van der Waals surface area contributed by atoms with E-state index in [-0.39, 0.29) is 18.9 Å². The lowest BCUT2D eigenvalue weighted by atomic mass is 9.83. The number of allylic oxidation sites excluding steroid dienone is 7. The molecule has 0 aliphatic rings. The maximum absolute atomic E-state index is 13.5. The van der Waals surface area contributed by atoms with Crippen molar-refractivity contribution < 1.29 is 13.5 Å². The van der Waals surface area contributed by atoms with Crippen LogP contribution in [0.15, 0.2) is 60.4 Å². The second-order valence-electron chi connectivity index (χ2n) is 10.1. The van der Waals surface area contributed by atoms with Crippen molar-refractivity contribution >= 4 is 5.82 Å². The number of hydrogen-bond acceptors (Lipinski definition) is 3. The van der Waals surface area contributed by atoms with Crippen LogP contribution in [-0.2, 0) is 4.74 Å². The Labute approximate surface area is 218 Å². The molecule has 5 heteroatoms. The third-order valence-electron chi connectivity index (χ3n) is 6.60. The van der Waals surface area contributed by atoms with Crippen LogP contribution in [0, 0.1) is 36.5 Å². The highest BCUT2D eigenvalue weighted by Gasteiger charge is 2.41. The average Bonchev–Trinajstić information content (AvgIpc) is 2.76. The second-order valence-corrected chi connectivity index (χ2v) is 10.1. The number of anilines is 1. The Bertz CT molecular complexity index is 962. The van der Waals surface area contributed by atoms with Gasteiger partial charge in [0.1, 0.15) is 5.82 Å². The highest BCUT2D eigenvalue weighted by molar-refractivity contribution is 5.40. The second kappa shape index (κ2) is 15.3. The Morgan fingerprint density at radius 2 is 1.83 bits per heavy atom. The molecule has 0 spiro atoms. The fourth-order valence-corrected chi connectivity index (χ4v) is 3.12. The number of nitrogens with zero attached hydrogens (tertiary/aromatic N) is 1. The lowest BCUT2D eigenvalue weighted by Gasteiger charge is -2.31. The zero-order valence-corrected chi connectivity index (χ0v) is 23.7. The van der Waals surface area contributed by atoms with E-state index in [9.17, 15) is 8.78 Å². The highest BCUT2D eigenvalue weighted by Crippen LogP contribution is 2.38. The summed E-state index contributed by atoms with van der Waals surface area (Å²) >= 11 is 0. The molecule has 1 rings (SSSR count). The molecular weight excluding hydrogens is 454 g/mol. The van der Waals surface area contributed by atoms with Crippen LogP contribution in [0.4, 0.5) is 14.6 Å². The largest absolute Gasteiger partial charge is 0.498 e. The van der Waals surface area contributed by atoms with E-state index in [0.717, 1.165) is 18.2 Å². The van der Waals surface area contributed by atoms with Crippen molar-refractivity contribution in [3.8, 4) is 12.3 Å². The van der Waals surface area contributed by atoms with Gasteiger partial charge in [0.2, 0.25) is 0 Å². The van der Waals surface area contributed by atoms with Crippen LogP contribution in [0.2, 0.25) is 0 Å². The highest BCUT2D eigenvalue weighted by atomic mass is 19.3. The summed E-state index contributed by atoms with van der Waals surface area (Å²) in [5.74, 6) is 2.06. The average molecular weight is 501 g/mol. The molecule has 2 N–H and O–H groups in total. The van der Waals surface area contributed by atoms with Gasteiger partial charge in [0, 0.05) is 11.1 Å². The molecular formula is C31H46F2N2O. The van der Waals surface area contributed by atoms with Crippen LogP contribution < -0.4 is 5.73 Å². The number of nitrogen functional groups attached to an aromatic ring is 1. The zero-order chi connectivity index (χ0) is 28.1. The summed E-state index contributed by atoms with van der Waals surface area (Å²) in [5.41, 5.74) is 7.52. The normalized spacial score (nSPS) is 15.1. The number of halogens is 2. The molecule has 3 unspecified atom stereocenters. The van der Waals surface area contributed by atoms with Crippen LogP contribution in [0.5, 0.6) is 0 Å². The number of terminal acetylenes is 1. The van der Waals surface area contributed by atoms with Gasteiger partial charge in [-0.1, -0.05) is 76.1 Å². The van der Waals surface area contributed by atoms with E-state index in [1.165, 1.54) is 19.4 Å². The minimum Gasteiger partial charge on any atom is -0.498 e. The zero-order valence-electron chi connectivity index (χ0n) is 23.7. The van der Waals surface area contributed by atoms with Crippen LogP contribution >= 0.6 is 0 Å². The van der Waals surface area contributed by atoms with E-state index in [1.54, 1.807) is 25.1 Å². The number of ether oxygens (including phenoxy) is 1. The predicted octanol–water partition coefficient (Wildman–Crippen LogP) is 8.65. The Kier molecular flexibility index (Phi) is 14.1. The summed E-state index contributed by atoms with van der Waals surface area (Å²) in [6.45, 7) is 20.4. The molecule has 0 radical (unpaired) electrons. The summed E-state index contributed by atoms with van der Waals surface area (Å²) in [4.78, 5) is 4.22. The fourth-order valence-electron chi connectivity index (χ4n) is 3.12. The third kappa shape index (κ3) is 11.7. The predicted molar refractivity (Wildman–Crippen MR) is 151 cm³/mol. The van der Waals surface area contributed by atoms with Gasteiger partial charge in [0.05, 0.1) is 18.3 Å². The Morgan fingerprint density at radius 1 is 1.22 bits per heavy atom. The van der Waals surface area contributed by atoms with Crippen molar-refractivity contribution in [2.45, 2.75) is 80.6 Å². The van der Waals surface area contributed by atoms with Crippen molar-refractivity contribution in [3.63, 3.8) is 0 Å². The first-order valence-corrected chi connectivity index (χ1v) is 12.4. The van der Waals surface area contributed by atoms with Crippen molar-refractivity contribution in [2.75, 3.05) is 12.3 Å². The molecule has 0 aliphatic heterocycles. The van der Waals surface area contributed by atoms with E-state index in [4.69, 9.17) is 16.9 Å². The minimum absolute atomic E-state index is 0.228. The smallest absolute Gasteiger partial charge is 0.250 e. The van der Waals surface area contributed by atoms with Gasteiger partial charge >= 0.3 is 0 Å². The minimum atomic E-state index is -2.75. The lowest BCUT2D eigenvalue weighted by molar-refractivity contribution is -0.0981. The van der Waals surface area contributed by atoms with Gasteiger partial charge in [-0.15, -0.1) is 6.42 Å². The molecule has 0 aliphatic carbocycles. The number of pyridine rings is 1. The van der Waals surface area contributed by atoms with Crippen LogP contribution in [0.3, 0.4) is 0 Å². The molecule has 3 nitrogen and oxygen atoms in total. The van der Waals surface area contributed by atoms with Gasteiger partial charge in [-0.05, 0) is 70.6 Å². The number of nitrogens with two attached hydrogens (primary N) is 1. The maximum atomic E-state index is 13.5. The van der Waals surface area contributed by atoms with Crippen molar-refractivity contribution in [2.24, 2.45) is 17.3 Å². The van der Waals surface area contributed by atoms with Crippen molar-refractivity contribution in [1.82, 2.24) is 4.98 Å². The summed E-state index contributed by atoms with van der Waals surface area (Å²) in [7, 11) is 0. The Morgan fingerprint density at radius 3 is 2.31 bits per heavy atom. The van der Waals surface area contributed by atoms with Crippen molar-refractivity contribution in [1.29, 1.82) is 0 Å². The lowest BCUT2D eigenvalue weighted by Crippen LogP contribution is -2.34. The first-order chi connectivity index (χ1) is 16.6. The monoisotopic (exact) mass is 500 g/mol. The Balaban J connectivity index is 0.00000103. The fraction of sp³-hybridized carbons (Fsp3) is 0.516. The standard InChI is InChI=1S/C21H28F2N2O.C10H18/c1-7-17(18-11-12-19(24)25-16(18)3)10-8-9-15(2)26-14-13-20(4,5)21(6,22)23;1-6-7-9(4)10(5)8(2)3/h1,8-12,17H,13-14H2,2-6H3,(H2,24,25);6-7,9-10H,2H2,1,3-5H3/b10-8-,15-9+;7-6-. The number of rotatable bonds is 11. The first kappa shape index (κ1) is 33.1. The van der Waals surface area contributed by atoms with Gasteiger partial charge in [0.15, 0.2) is 0 Å². The molecule has 0 aromatic carbocycles. The topological polar surface area (TPSA) is 48.1 Å².